The molecular formula is C13H17N3O4. The van der Waals surface area contributed by atoms with Crippen LogP contribution in [0.5, 0.6) is 0 Å². The summed E-state index contributed by atoms with van der Waals surface area (Å²) in [6.07, 6.45) is 2.56. The number of aryl methyl sites for hydroxylation is 1. The molecule has 0 saturated heterocycles. The second-order valence-corrected chi connectivity index (χ2v) is 5.04. The molecule has 2 N–H and O–H groups in total. The fraction of sp³-hybridized carbons (Fsp3) is 0.538. The summed E-state index contributed by atoms with van der Waals surface area (Å²) in [6.45, 7) is 1.74. The van der Waals surface area contributed by atoms with Crippen molar-refractivity contribution in [3.05, 3.63) is 17.6 Å². The van der Waals surface area contributed by atoms with E-state index in [-0.39, 0.29) is 12.2 Å². The van der Waals surface area contributed by atoms with E-state index in [4.69, 9.17) is 5.11 Å². The molecule has 0 bridgehead atoms. The van der Waals surface area contributed by atoms with E-state index in [1.165, 1.54) is 7.11 Å². The van der Waals surface area contributed by atoms with Gasteiger partial charge in [0, 0.05) is 17.3 Å². The number of ether oxygens (including phenoxy) is 1. The molecule has 7 nitrogen and oxygen atoms in total. The summed E-state index contributed by atoms with van der Waals surface area (Å²) in [5.74, 6) is -1.03. The van der Waals surface area contributed by atoms with Gasteiger partial charge in [-0.15, -0.1) is 0 Å². The molecular weight excluding hydrogens is 262 g/mol. The fourth-order valence-corrected chi connectivity index (χ4v) is 2.33. The van der Waals surface area contributed by atoms with Crippen molar-refractivity contribution in [1.29, 1.82) is 0 Å². The van der Waals surface area contributed by atoms with Crippen LogP contribution in [-0.2, 0) is 9.53 Å². The molecule has 108 valence electrons. The Balaban J connectivity index is 2.22. The van der Waals surface area contributed by atoms with E-state index in [1.807, 2.05) is 0 Å². The predicted octanol–water partition coefficient (Wildman–Crippen LogP) is 1.38. The summed E-state index contributed by atoms with van der Waals surface area (Å²) in [7, 11) is 1.26. The van der Waals surface area contributed by atoms with Crippen LogP contribution in [0.25, 0.3) is 0 Å². The van der Waals surface area contributed by atoms with Crippen LogP contribution in [0.1, 0.15) is 42.0 Å². The normalized spacial score (nSPS) is 16.1. The lowest BCUT2D eigenvalue weighted by atomic mass is 9.74. The van der Waals surface area contributed by atoms with Crippen molar-refractivity contribution >= 4 is 17.8 Å². The van der Waals surface area contributed by atoms with Gasteiger partial charge in [0.15, 0.2) is 0 Å². The Morgan fingerprint density at radius 2 is 2.15 bits per heavy atom. The number of carbonyl (C=O) groups excluding carboxylic acids is 1. The van der Waals surface area contributed by atoms with Crippen LogP contribution >= 0.6 is 0 Å². The van der Waals surface area contributed by atoms with Crippen molar-refractivity contribution in [3.63, 3.8) is 0 Å². The number of aromatic nitrogens is 2. The summed E-state index contributed by atoms with van der Waals surface area (Å²) < 4.78 is 4.60. The third kappa shape index (κ3) is 3.04. The summed E-state index contributed by atoms with van der Waals surface area (Å²) in [6, 6.07) is 1.69. The molecule has 0 radical (unpaired) electrons. The summed E-state index contributed by atoms with van der Waals surface area (Å²) in [4.78, 5) is 30.5. The van der Waals surface area contributed by atoms with Crippen LogP contribution < -0.4 is 5.32 Å². The molecule has 20 heavy (non-hydrogen) atoms. The number of esters is 1. The quantitative estimate of drug-likeness (QED) is 0.785. The van der Waals surface area contributed by atoms with Crippen LogP contribution in [0.3, 0.4) is 0 Å². The van der Waals surface area contributed by atoms with E-state index in [0.29, 0.717) is 11.5 Å². The molecule has 0 aliphatic heterocycles. The maximum Gasteiger partial charge on any atom is 0.376 e. The Kier molecular flexibility index (Phi) is 3.87. The van der Waals surface area contributed by atoms with Gasteiger partial charge in [0.2, 0.25) is 5.82 Å². The highest BCUT2D eigenvalue weighted by Gasteiger charge is 2.39. The number of nitrogens with zero attached hydrogens (tertiary/aromatic N) is 2. The number of nitrogens with one attached hydrogen (secondary N) is 1. The fourth-order valence-electron chi connectivity index (χ4n) is 2.33. The molecule has 0 spiro atoms. The zero-order chi connectivity index (χ0) is 14.8. The highest BCUT2D eigenvalue weighted by molar-refractivity contribution is 5.85. The van der Waals surface area contributed by atoms with Crippen LogP contribution in [-0.4, -0.2) is 39.7 Å². The van der Waals surface area contributed by atoms with Crippen molar-refractivity contribution < 1.29 is 19.4 Å². The summed E-state index contributed by atoms with van der Waals surface area (Å²) in [5, 5.41) is 12.1. The molecule has 1 aliphatic carbocycles. The van der Waals surface area contributed by atoms with Crippen LogP contribution in [0.15, 0.2) is 6.07 Å². The zero-order valence-corrected chi connectivity index (χ0v) is 11.5. The van der Waals surface area contributed by atoms with E-state index in [1.54, 1.807) is 13.0 Å². The monoisotopic (exact) mass is 279 g/mol. The second kappa shape index (κ2) is 5.44. The maximum atomic E-state index is 11.5. The van der Waals surface area contributed by atoms with Crippen LogP contribution in [0.2, 0.25) is 0 Å². The first-order valence-electron chi connectivity index (χ1n) is 6.38. The first-order chi connectivity index (χ1) is 9.44. The van der Waals surface area contributed by atoms with Gasteiger partial charge in [-0.2, -0.15) is 0 Å². The Morgan fingerprint density at radius 3 is 2.65 bits per heavy atom. The van der Waals surface area contributed by atoms with Gasteiger partial charge in [-0.05, 0) is 26.2 Å². The molecule has 1 saturated carbocycles. The lowest BCUT2D eigenvalue weighted by Gasteiger charge is -2.41. The van der Waals surface area contributed by atoms with Crippen molar-refractivity contribution in [2.24, 2.45) is 0 Å². The molecule has 0 unspecified atom stereocenters. The van der Waals surface area contributed by atoms with E-state index >= 15 is 0 Å². The van der Waals surface area contributed by atoms with Gasteiger partial charge >= 0.3 is 11.9 Å². The molecule has 1 aliphatic rings. The molecule has 1 aromatic rings. The van der Waals surface area contributed by atoms with Gasteiger partial charge in [-0.3, -0.25) is 4.79 Å². The highest BCUT2D eigenvalue weighted by Crippen LogP contribution is 2.37. The Labute approximate surface area is 116 Å². The van der Waals surface area contributed by atoms with Crippen molar-refractivity contribution in [2.45, 2.75) is 38.1 Å². The molecule has 1 fully saturated rings. The number of hydrogen-bond donors (Lipinski definition) is 2. The smallest absolute Gasteiger partial charge is 0.376 e. The minimum Gasteiger partial charge on any atom is -0.481 e. The lowest BCUT2D eigenvalue weighted by Crippen LogP contribution is -2.47. The average molecular weight is 279 g/mol. The summed E-state index contributed by atoms with van der Waals surface area (Å²) >= 11 is 0. The minimum atomic E-state index is -0.851. The van der Waals surface area contributed by atoms with Gasteiger partial charge < -0.3 is 15.2 Å². The number of carbonyl (C=O) groups is 2. The third-order valence-electron chi connectivity index (χ3n) is 3.42. The largest absolute Gasteiger partial charge is 0.481 e. The maximum absolute atomic E-state index is 11.5. The molecule has 1 heterocycles. The minimum absolute atomic E-state index is 0.0280. The zero-order valence-electron chi connectivity index (χ0n) is 11.5. The first kappa shape index (κ1) is 14.2. The Bertz CT molecular complexity index is 540. The molecule has 7 heteroatoms. The van der Waals surface area contributed by atoms with Gasteiger partial charge in [-0.25, -0.2) is 14.8 Å². The second-order valence-electron chi connectivity index (χ2n) is 5.04. The highest BCUT2D eigenvalue weighted by atomic mass is 16.5. The average Bonchev–Trinajstić information content (AvgIpc) is 2.33. The van der Waals surface area contributed by atoms with E-state index < -0.39 is 17.5 Å². The van der Waals surface area contributed by atoms with Crippen LogP contribution in [0, 0.1) is 6.92 Å². The van der Waals surface area contributed by atoms with Gasteiger partial charge in [0.25, 0.3) is 0 Å². The standard InChI is InChI=1S/C13H17N3O4/c1-8-6-9(15-11(14-8)12(19)20-2)16-13(4-3-5-13)7-10(17)18/h6H,3-5,7H2,1-2H3,(H,17,18)(H,14,15,16). The molecule has 2 rings (SSSR count). The third-order valence-corrected chi connectivity index (χ3v) is 3.42. The molecule has 1 aromatic heterocycles. The molecule has 0 amide bonds. The number of methoxy groups -OCH3 is 1. The van der Waals surface area contributed by atoms with Gasteiger partial charge in [-0.1, -0.05) is 0 Å². The van der Waals surface area contributed by atoms with Crippen molar-refractivity contribution in [1.82, 2.24) is 9.97 Å². The molecule has 0 aromatic carbocycles. The van der Waals surface area contributed by atoms with Gasteiger partial charge in [0.1, 0.15) is 5.82 Å². The topological polar surface area (TPSA) is 101 Å². The number of anilines is 1. The number of rotatable bonds is 5. The van der Waals surface area contributed by atoms with Crippen LogP contribution in [0.4, 0.5) is 5.82 Å². The van der Waals surface area contributed by atoms with E-state index in [2.05, 4.69) is 20.0 Å². The van der Waals surface area contributed by atoms with E-state index in [9.17, 15) is 9.59 Å². The summed E-state index contributed by atoms with van der Waals surface area (Å²) in [5.41, 5.74) is 0.146. The van der Waals surface area contributed by atoms with Crippen molar-refractivity contribution in [3.8, 4) is 0 Å². The number of aliphatic carboxylic acids is 1. The predicted molar refractivity (Wildman–Crippen MR) is 70.6 cm³/mol. The van der Waals surface area contributed by atoms with E-state index in [0.717, 1.165) is 19.3 Å². The number of hydrogen-bond acceptors (Lipinski definition) is 6. The lowest BCUT2D eigenvalue weighted by molar-refractivity contribution is -0.138. The SMILES string of the molecule is COC(=O)c1nc(C)cc(NC2(CC(=O)O)CCC2)n1. The van der Waals surface area contributed by atoms with Gasteiger partial charge in [0.05, 0.1) is 13.5 Å². The molecule has 0 atom stereocenters. The Morgan fingerprint density at radius 1 is 1.45 bits per heavy atom. The number of carboxylic acids is 1. The number of carboxylic acid groups (broad SMARTS) is 1. The Hall–Kier alpha value is -2.18. The van der Waals surface area contributed by atoms with Crippen molar-refractivity contribution in [2.75, 3.05) is 12.4 Å². The first-order valence-corrected chi connectivity index (χ1v) is 6.38.